The van der Waals surface area contributed by atoms with Gasteiger partial charge in [0, 0.05) is 24.7 Å². The first-order chi connectivity index (χ1) is 13.4. The zero-order chi connectivity index (χ0) is 20.5. The molecule has 0 saturated heterocycles. The maximum atomic E-state index is 12.2. The Morgan fingerprint density at radius 3 is 2.36 bits per heavy atom. The number of ether oxygens (including phenoxy) is 2. The molecule has 0 unspecified atom stereocenters. The number of carbonyl (C=O) groups is 3. The highest BCUT2D eigenvalue weighted by molar-refractivity contribution is 5.88. The number of anilines is 1. The number of benzene rings is 2. The number of rotatable bonds is 8. The van der Waals surface area contributed by atoms with Crippen LogP contribution in [-0.2, 0) is 32.1 Å². The summed E-state index contributed by atoms with van der Waals surface area (Å²) in [5.74, 6) is -0.386. The molecule has 1 atom stereocenters. The van der Waals surface area contributed by atoms with E-state index in [-0.39, 0.29) is 24.8 Å². The van der Waals surface area contributed by atoms with Crippen molar-refractivity contribution in [3.8, 4) is 5.75 Å². The SMILES string of the molecule is COc1ccccc1CNC(=O)[C@@H](C)OC(=O)Cc1ccc(NC(C)=O)cc1. The van der Waals surface area contributed by atoms with Gasteiger partial charge in [-0.15, -0.1) is 0 Å². The summed E-state index contributed by atoms with van der Waals surface area (Å²) in [6.07, 6.45) is -0.884. The second kappa shape index (κ2) is 10.1. The van der Waals surface area contributed by atoms with Gasteiger partial charge in [0.05, 0.1) is 13.5 Å². The molecule has 0 heterocycles. The van der Waals surface area contributed by atoms with Gasteiger partial charge < -0.3 is 20.1 Å². The third-order valence-electron chi connectivity index (χ3n) is 3.95. The largest absolute Gasteiger partial charge is 0.496 e. The quantitative estimate of drug-likeness (QED) is 0.682. The van der Waals surface area contributed by atoms with Crippen LogP contribution in [0.25, 0.3) is 0 Å². The number of methoxy groups -OCH3 is 1. The van der Waals surface area contributed by atoms with Crippen LogP contribution in [0.3, 0.4) is 0 Å². The summed E-state index contributed by atoms with van der Waals surface area (Å²) in [6.45, 7) is 3.22. The average Bonchev–Trinajstić information content (AvgIpc) is 2.67. The molecular weight excluding hydrogens is 360 g/mol. The number of hydrogen-bond donors (Lipinski definition) is 2. The molecule has 148 valence electrons. The highest BCUT2D eigenvalue weighted by Crippen LogP contribution is 2.16. The summed E-state index contributed by atoms with van der Waals surface area (Å²) in [4.78, 5) is 35.3. The van der Waals surface area contributed by atoms with Gasteiger partial charge in [-0.3, -0.25) is 14.4 Å². The summed E-state index contributed by atoms with van der Waals surface area (Å²) < 4.78 is 10.4. The van der Waals surface area contributed by atoms with Crippen molar-refractivity contribution in [3.05, 3.63) is 59.7 Å². The van der Waals surface area contributed by atoms with Crippen LogP contribution in [-0.4, -0.2) is 31.0 Å². The third kappa shape index (κ3) is 6.42. The van der Waals surface area contributed by atoms with Crippen LogP contribution in [0, 0.1) is 0 Å². The first-order valence-electron chi connectivity index (χ1n) is 8.84. The van der Waals surface area contributed by atoms with Crippen molar-refractivity contribution in [2.75, 3.05) is 12.4 Å². The third-order valence-corrected chi connectivity index (χ3v) is 3.95. The summed E-state index contributed by atoms with van der Waals surface area (Å²) >= 11 is 0. The van der Waals surface area contributed by atoms with E-state index in [4.69, 9.17) is 9.47 Å². The van der Waals surface area contributed by atoms with Crippen molar-refractivity contribution in [3.63, 3.8) is 0 Å². The smallest absolute Gasteiger partial charge is 0.311 e. The van der Waals surface area contributed by atoms with Crippen LogP contribution in [0.1, 0.15) is 25.0 Å². The highest BCUT2D eigenvalue weighted by Gasteiger charge is 2.18. The van der Waals surface area contributed by atoms with E-state index in [9.17, 15) is 14.4 Å². The lowest BCUT2D eigenvalue weighted by Gasteiger charge is -2.15. The Balaban J connectivity index is 1.82. The average molecular weight is 384 g/mol. The first-order valence-corrected chi connectivity index (χ1v) is 8.84. The van der Waals surface area contributed by atoms with Crippen molar-refractivity contribution in [2.24, 2.45) is 0 Å². The lowest BCUT2D eigenvalue weighted by atomic mass is 10.1. The second-order valence-electron chi connectivity index (χ2n) is 6.22. The zero-order valence-corrected chi connectivity index (χ0v) is 16.2. The minimum atomic E-state index is -0.916. The monoisotopic (exact) mass is 384 g/mol. The lowest BCUT2D eigenvalue weighted by molar-refractivity contribution is -0.154. The predicted molar refractivity (Wildman–Crippen MR) is 105 cm³/mol. The van der Waals surface area contributed by atoms with Crippen molar-refractivity contribution in [2.45, 2.75) is 32.9 Å². The van der Waals surface area contributed by atoms with Crippen molar-refractivity contribution < 1.29 is 23.9 Å². The van der Waals surface area contributed by atoms with Crippen LogP contribution < -0.4 is 15.4 Å². The molecular formula is C21H24N2O5. The summed E-state index contributed by atoms with van der Waals surface area (Å²) in [7, 11) is 1.56. The van der Waals surface area contributed by atoms with Gasteiger partial charge in [0.25, 0.3) is 5.91 Å². The van der Waals surface area contributed by atoms with Crippen LogP contribution in [0.5, 0.6) is 5.75 Å². The van der Waals surface area contributed by atoms with Gasteiger partial charge in [0.1, 0.15) is 5.75 Å². The van der Waals surface area contributed by atoms with Gasteiger partial charge in [0.15, 0.2) is 6.10 Å². The van der Waals surface area contributed by atoms with E-state index in [2.05, 4.69) is 10.6 Å². The minimum Gasteiger partial charge on any atom is -0.496 e. The Morgan fingerprint density at radius 1 is 1.04 bits per heavy atom. The first kappa shape index (κ1) is 21.0. The number of amides is 2. The van der Waals surface area contributed by atoms with Crippen LogP contribution >= 0.6 is 0 Å². The molecule has 2 rings (SSSR count). The highest BCUT2D eigenvalue weighted by atomic mass is 16.5. The van der Waals surface area contributed by atoms with Crippen LogP contribution in [0.15, 0.2) is 48.5 Å². The zero-order valence-electron chi connectivity index (χ0n) is 16.2. The number of para-hydroxylation sites is 1. The van der Waals surface area contributed by atoms with Gasteiger partial charge in [-0.05, 0) is 30.7 Å². The molecule has 2 aromatic carbocycles. The molecule has 0 aliphatic heterocycles. The van der Waals surface area contributed by atoms with Gasteiger partial charge in [-0.25, -0.2) is 0 Å². The Kier molecular flexibility index (Phi) is 7.56. The molecule has 0 aliphatic rings. The van der Waals surface area contributed by atoms with E-state index in [0.717, 1.165) is 11.1 Å². The Labute approximate surface area is 164 Å². The Morgan fingerprint density at radius 2 is 1.71 bits per heavy atom. The fourth-order valence-corrected chi connectivity index (χ4v) is 2.54. The molecule has 0 radical (unpaired) electrons. The van der Waals surface area contributed by atoms with Crippen molar-refractivity contribution in [1.82, 2.24) is 5.32 Å². The fraction of sp³-hybridized carbons (Fsp3) is 0.286. The Hall–Kier alpha value is -3.35. The molecule has 0 aromatic heterocycles. The molecule has 0 spiro atoms. The number of hydrogen-bond acceptors (Lipinski definition) is 5. The summed E-state index contributed by atoms with van der Waals surface area (Å²) in [5.41, 5.74) is 2.20. The summed E-state index contributed by atoms with van der Waals surface area (Å²) in [6, 6.07) is 14.2. The molecule has 0 bridgehead atoms. The van der Waals surface area contributed by atoms with E-state index in [1.165, 1.54) is 13.8 Å². The van der Waals surface area contributed by atoms with Crippen molar-refractivity contribution in [1.29, 1.82) is 0 Å². The molecule has 2 aromatic rings. The predicted octanol–water partition coefficient (Wildman–Crippen LogP) is 2.44. The maximum Gasteiger partial charge on any atom is 0.311 e. The van der Waals surface area contributed by atoms with E-state index in [0.29, 0.717) is 11.4 Å². The van der Waals surface area contributed by atoms with E-state index < -0.39 is 12.1 Å². The molecule has 7 heteroatoms. The standard InChI is InChI=1S/C21H24N2O5/c1-14(21(26)22-13-17-6-4-5-7-19(17)27-3)28-20(25)12-16-8-10-18(11-9-16)23-15(2)24/h4-11,14H,12-13H2,1-3H3,(H,22,26)(H,23,24)/t14-/m1/s1. The fourth-order valence-electron chi connectivity index (χ4n) is 2.54. The van der Waals surface area contributed by atoms with E-state index in [1.54, 1.807) is 31.4 Å². The maximum absolute atomic E-state index is 12.2. The lowest BCUT2D eigenvalue weighted by Crippen LogP contribution is -2.35. The number of esters is 1. The molecule has 2 amide bonds. The molecule has 0 saturated carbocycles. The summed E-state index contributed by atoms with van der Waals surface area (Å²) in [5, 5.41) is 5.38. The molecule has 0 aliphatic carbocycles. The second-order valence-corrected chi connectivity index (χ2v) is 6.22. The number of nitrogens with one attached hydrogen (secondary N) is 2. The van der Waals surface area contributed by atoms with Crippen LogP contribution in [0.4, 0.5) is 5.69 Å². The molecule has 7 nitrogen and oxygen atoms in total. The molecule has 0 fully saturated rings. The van der Waals surface area contributed by atoms with Crippen molar-refractivity contribution >= 4 is 23.5 Å². The Bertz CT molecular complexity index is 833. The molecule has 28 heavy (non-hydrogen) atoms. The number of carbonyl (C=O) groups excluding carboxylic acids is 3. The van der Waals surface area contributed by atoms with Gasteiger partial charge >= 0.3 is 5.97 Å². The molecule has 2 N–H and O–H groups in total. The minimum absolute atomic E-state index is 0.0322. The van der Waals surface area contributed by atoms with Gasteiger partial charge in [-0.1, -0.05) is 30.3 Å². The normalized spacial score (nSPS) is 11.2. The van der Waals surface area contributed by atoms with Crippen LogP contribution in [0.2, 0.25) is 0 Å². The van der Waals surface area contributed by atoms with E-state index >= 15 is 0 Å². The topological polar surface area (TPSA) is 93.7 Å². The van der Waals surface area contributed by atoms with Gasteiger partial charge in [0.2, 0.25) is 5.91 Å². The van der Waals surface area contributed by atoms with Gasteiger partial charge in [-0.2, -0.15) is 0 Å². The van der Waals surface area contributed by atoms with E-state index in [1.807, 2.05) is 24.3 Å².